The van der Waals surface area contributed by atoms with Gasteiger partial charge in [0.15, 0.2) is 5.03 Å². The van der Waals surface area contributed by atoms with Crippen LogP contribution in [-0.2, 0) is 20.4 Å². The number of nitrogens with one attached hydrogen (secondary N) is 1. The molecule has 0 spiro atoms. The highest BCUT2D eigenvalue weighted by molar-refractivity contribution is 8.13. The summed E-state index contributed by atoms with van der Waals surface area (Å²) in [6, 6.07) is 0.0487. The Labute approximate surface area is 117 Å². The zero-order valence-electron chi connectivity index (χ0n) is 11.3. The number of imidazole rings is 1. The molecule has 1 N–H and O–H groups in total. The number of aryl methyl sites for hydroxylation is 1. The topological polar surface area (TPSA) is 81.1 Å². The van der Waals surface area contributed by atoms with Crippen molar-refractivity contribution in [1.82, 2.24) is 14.9 Å². The summed E-state index contributed by atoms with van der Waals surface area (Å²) in [5.41, 5.74) is 0. The molecule has 19 heavy (non-hydrogen) atoms. The molecular weight excluding hydrogens is 290 g/mol. The molecule has 0 aromatic carbocycles. The lowest BCUT2D eigenvalue weighted by Crippen LogP contribution is -2.38. The van der Waals surface area contributed by atoms with Crippen molar-refractivity contribution in [3.8, 4) is 0 Å². The van der Waals surface area contributed by atoms with Gasteiger partial charge < -0.3 is 9.88 Å². The molecule has 0 aliphatic carbocycles. The van der Waals surface area contributed by atoms with E-state index in [-0.39, 0.29) is 23.5 Å². The van der Waals surface area contributed by atoms with E-state index in [4.69, 9.17) is 10.7 Å². The van der Waals surface area contributed by atoms with Crippen LogP contribution in [0.15, 0.2) is 11.2 Å². The van der Waals surface area contributed by atoms with E-state index in [1.807, 2.05) is 20.8 Å². The maximum absolute atomic E-state index is 11.8. The normalized spacial score (nSPS) is 13.6. The van der Waals surface area contributed by atoms with E-state index >= 15 is 0 Å². The molecule has 0 radical (unpaired) electrons. The van der Waals surface area contributed by atoms with Crippen LogP contribution >= 0.6 is 10.7 Å². The Morgan fingerprint density at radius 2 is 2.05 bits per heavy atom. The van der Waals surface area contributed by atoms with Crippen molar-refractivity contribution in [1.29, 1.82) is 0 Å². The van der Waals surface area contributed by atoms with Gasteiger partial charge in [-0.05, 0) is 19.8 Å². The van der Waals surface area contributed by atoms with Crippen LogP contribution in [0.2, 0.25) is 0 Å². The summed E-state index contributed by atoms with van der Waals surface area (Å²) in [6.07, 6.45) is 1.26. The highest BCUT2D eigenvalue weighted by Gasteiger charge is 2.18. The summed E-state index contributed by atoms with van der Waals surface area (Å²) < 4.78 is 23.7. The largest absolute Gasteiger partial charge is 0.352 e. The molecule has 0 aliphatic rings. The van der Waals surface area contributed by atoms with Crippen LogP contribution in [-0.4, -0.2) is 29.9 Å². The van der Waals surface area contributed by atoms with Gasteiger partial charge in [-0.25, -0.2) is 13.4 Å². The van der Waals surface area contributed by atoms with Gasteiger partial charge in [-0.2, -0.15) is 0 Å². The predicted molar refractivity (Wildman–Crippen MR) is 72.4 cm³/mol. The lowest BCUT2D eigenvalue weighted by molar-refractivity contribution is -0.122. The second-order valence-corrected chi connectivity index (χ2v) is 7.31. The molecule has 1 atom stereocenters. The maximum atomic E-state index is 11.8. The van der Waals surface area contributed by atoms with Crippen LogP contribution in [0.5, 0.6) is 0 Å². The number of halogens is 1. The van der Waals surface area contributed by atoms with Crippen LogP contribution in [0.25, 0.3) is 0 Å². The third-order valence-electron chi connectivity index (χ3n) is 2.91. The first-order valence-corrected chi connectivity index (χ1v) is 8.20. The highest BCUT2D eigenvalue weighted by Crippen LogP contribution is 2.13. The minimum Gasteiger partial charge on any atom is -0.352 e. The van der Waals surface area contributed by atoms with Gasteiger partial charge in [0.05, 0.1) is 0 Å². The molecule has 1 heterocycles. The molecule has 1 rings (SSSR count). The average Bonchev–Trinajstić information content (AvgIpc) is 2.59. The van der Waals surface area contributed by atoms with Crippen molar-refractivity contribution in [2.45, 2.75) is 45.3 Å². The zero-order valence-corrected chi connectivity index (χ0v) is 12.9. The molecular formula is C11H18ClN3O3S. The van der Waals surface area contributed by atoms with Gasteiger partial charge in [0.1, 0.15) is 12.4 Å². The first-order chi connectivity index (χ1) is 8.61. The molecule has 0 saturated carbocycles. The van der Waals surface area contributed by atoms with Crippen LogP contribution < -0.4 is 5.32 Å². The molecule has 0 fully saturated rings. The molecule has 0 aliphatic heterocycles. The van der Waals surface area contributed by atoms with E-state index in [9.17, 15) is 13.2 Å². The third kappa shape index (κ3) is 4.50. The summed E-state index contributed by atoms with van der Waals surface area (Å²) in [6.45, 7) is 7.56. The van der Waals surface area contributed by atoms with Crippen LogP contribution in [0, 0.1) is 12.8 Å². The molecule has 0 saturated heterocycles. The minimum atomic E-state index is -3.87. The summed E-state index contributed by atoms with van der Waals surface area (Å²) >= 11 is 0. The number of hydrogen-bond acceptors (Lipinski definition) is 4. The summed E-state index contributed by atoms with van der Waals surface area (Å²) in [4.78, 5) is 15.6. The molecule has 1 aromatic heterocycles. The molecule has 0 bridgehead atoms. The lowest BCUT2D eigenvalue weighted by Gasteiger charge is -2.17. The first-order valence-electron chi connectivity index (χ1n) is 5.89. The quantitative estimate of drug-likeness (QED) is 0.831. The first kappa shape index (κ1) is 16.0. The van der Waals surface area contributed by atoms with Gasteiger partial charge >= 0.3 is 0 Å². The Morgan fingerprint density at radius 1 is 1.47 bits per heavy atom. The fourth-order valence-electron chi connectivity index (χ4n) is 1.38. The van der Waals surface area contributed by atoms with Crippen molar-refractivity contribution >= 4 is 25.6 Å². The molecule has 1 amide bonds. The molecule has 1 aromatic rings. The molecule has 8 heteroatoms. The van der Waals surface area contributed by atoms with Crippen molar-refractivity contribution in [3.63, 3.8) is 0 Å². The molecule has 1 unspecified atom stereocenters. The Morgan fingerprint density at radius 3 is 2.47 bits per heavy atom. The van der Waals surface area contributed by atoms with Gasteiger partial charge in [-0.15, -0.1) is 0 Å². The SMILES string of the molecule is Cc1nc(S(=O)(=O)Cl)cn1CC(=O)NC(C)C(C)C. The lowest BCUT2D eigenvalue weighted by atomic mass is 10.1. The molecule has 6 nitrogen and oxygen atoms in total. The Balaban J connectivity index is 2.78. The predicted octanol–water partition coefficient (Wildman–Crippen LogP) is 1.28. The monoisotopic (exact) mass is 307 g/mol. The van der Waals surface area contributed by atoms with Gasteiger partial charge in [-0.1, -0.05) is 13.8 Å². The van der Waals surface area contributed by atoms with E-state index in [0.717, 1.165) is 0 Å². The van der Waals surface area contributed by atoms with Crippen molar-refractivity contribution < 1.29 is 13.2 Å². The number of carbonyl (C=O) groups excluding carboxylic acids is 1. The van der Waals surface area contributed by atoms with E-state index in [1.165, 1.54) is 10.8 Å². The standard InChI is InChI=1S/C11H18ClN3O3S/c1-7(2)8(3)13-10(16)5-15-6-11(14-9(15)4)19(12,17)18/h6-8H,5H2,1-4H3,(H,13,16). The summed E-state index contributed by atoms with van der Waals surface area (Å²) in [5.74, 6) is 0.554. The maximum Gasteiger partial charge on any atom is 0.280 e. The number of carbonyl (C=O) groups is 1. The van der Waals surface area contributed by atoms with E-state index in [2.05, 4.69) is 10.3 Å². The minimum absolute atomic E-state index is 0.0162. The number of aromatic nitrogens is 2. The van der Waals surface area contributed by atoms with E-state index < -0.39 is 9.05 Å². The Bertz CT molecular complexity index is 566. The number of hydrogen-bond donors (Lipinski definition) is 1. The fourth-order valence-corrected chi connectivity index (χ4v) is 2.10. The number of amides is 1. The van der Waals surface area contributed by atoms with Crippen LogP contribution in [0.1, 0.15) is 26.6 Å². The zero-order chi connectivity index (χ0) is 14.8. The average molecular weight is 308 g/mol. The Hall–Kier alpha value is -1.08. The second kappa shape index (κ2) is 5.92. The molecule has 108 valence electrons. The van der Waals surface area contributed by atoms with Gasteiger partial charge in [0, 0.05) is 22.9 Å². The number of nitrogens with zero attached hydrogens (tertiary/aromatic N) is 2. The summed E-state index contributed by atoms with van der Waals surface area (Å²) in [5, 5.41) is 2.59. The van der Waals surface area contributed by atoms with Crippen LogP contribution in [0.4, 0.5) is 0 Å². The van der Waals surface area contributed by atoms with Crippen LogP contribution in [0.3, 0.4) is 0 Å². The third-order valence-corrected chi connectivity index (χ3v) is 4.08. The highest BCUT2D eigenvalue weighted by atomic mass is 35.7. The van der Waals surface area contributed by atoms with Gasteiger partial charge in [0.2, 0.25) is 5.91 Å². The van der Waals surface area contributed by atoms with Crippen molar-refractivity contribution in [2.75, 3.05) is 0 Å². The smallest absolute Gasteiger partial charge is 0.280 e. The second-order valence-electron chi connectivity index (χ2n) is 4.79. The van der Waals surface area contributed by atoms with E-state index in [0.29, 0.717) is 11.7 Å². The van der Waals surface area contributed by atoms with Gasteiger partial charge in [-0.3, -0.25) is 4.79 Å². The fraction of sp³-hybridized carbons (Fsp3) is 0.636. The van der Waals surface area contributed by atoms with Crippen molar-refractivity contribution in [2.24, 2.45) is 5.92 Å². The summed E-state index contributed by atoms with van der Waals surface area (Å²) in [7, 11) is 1.33. The number of rotatable bonds is 5. The van der Waals surface area contributed by atoms with Crippen molar-refractivity contribution in [3.05, 3.63) is 12.0 Å². The van der Waals surface area contributed by atoms with Gasteiger partial charge in [0.25, 0.3) is 9.05 Å². The Kier molecular flexibility index (Phi) is 4.98. The van der Waals surface area contributed by atoms with E-state index in [1.54, 1.807) is 6.92 Å².